The summed E-state index contributed by atoms with van der Waals surface area (Å²) in [5.74, 6) is 0.712. The summed E-state index contributed by atoms with van der Waals surface area (Å²) in [5.41, 5.74) is 0.0431. The molecule has 0 saturated heterocycles. The van der Waals surface area contributed by atoms with Crippen molar-refractivity contribution in [2.45, 2.75) is 51.6 Å². The van der Waals surface area contributed by atoms with Crippen LogP contribution in [0.5, 0.6) is 0 Å². The van der Waals surface area contributed by atoms with Crippen LogP contribution < -0.4 is 11.2 Å². The van der Waals surface area contributed by atoms with Crippen molar-refractivity contribution in [3.8, 4) is 0 Å². The first-order valence-corrected chi connectivity index (χ1v) is 8.19. The summed E-state index contributed by atoms with van der Waals surface area (Å²) in [7, 11) is 0. The van der Waals surface area contributed by atoms with Gasteiger partial charge in [0, 0.05) is 6.07 Å². The summed E-state index contributed by atoms with van der Waals surface area (Å²) in [5, 5.41) is 0.278. The summed E-state index contributed by atoms with van der Waals surface area (Å²) in [6, 6.07) is 1.38. The lowest BCUT2D eigenvalue weighted by Gasteiger charge is -2.14. The number of hydrogen-bond acceptors (Lipinski definition) is 4. The van der Waals surface area contributed by atoms with E-state index in [9.17, 15) is 14.0 Å². The number of H-pyrrole nitrogens is 1. The molecule has 2 aliphatic carbocycles. The van der Waals surface area contributed by atoms with Gasteiger partial charge in [-0.25, -0.2) is 9.18 Å². The number of nitrogens with zero attached hydrogens (tertiary/aromatic N) is 1. The smallest absolute Gasteiger partial charge is 0.337 e. The lowest BCUT2D eigenvalue weighted by atomic mass is 9.91. The zero-order chi connectivity index (χ0) is 16.2. The van der Waals surface area contributed by atoms with Crippen LogP contribution in [0.1, 0.15) is 56.6 Å². The van der Waals surface area contributed by atoms with E-state index in [1.165, 1.54) is 38.7 Å². The molecule has 1 atom stereocenters. The fourth-order valence-corrected chi connectivity index (χ4v) is 3.65. The Bertz CT molecular complexity index is 876. The second-order valence-corrected chi connectivity index (χ2v) is 6.97. The molecule has 23 heavy (non-hydrogen) atoms. The van der Waals surface area contributed by atoms with Crippen LogP contribution in [0.25, 0.3) is 11.1 Å². The second-order valence-electron chi connectivity index (χ2n) is 6.97. The molecule has 5 nitrogen and oxygen atoms in total. The molecule has 2 aromatic heterocycles. The lowest BCUT2D eigenvalue weighted by molar-refractivity contribution is 0.354. The van der Waals surface area contributed by atoms with E-state index in [0.29, 0.717) is 17.4 Å². The molecule has 0 aliphatic heterocycles. The Kier molecular flexibility index (Phi) is 3.18. The van der Waals surface area contributed by atoms with Gasteiger partial charge >= 0.3 is 5.63 Å². The first-order chi connectivity index (χ1) is 11.0. The van der Waals surface area contributed by atoms with Crippen molar-refractivity contribution in [2.24, 2.45) is 11.3 Å². The van der Waals surface area contributed by atoms with Crippen LogP contribution in [0.4, 0.5) is 4.39 Å². The first kappa shape index (κ1) is 14.6. The van der Waals surface area contributed by atoms with E-state index in [0.717, 1.165) is 12.3 Å². The number of halogens is 1. The normalized spacial score (nSPS) is 20.6. The number of alkyl halides is 1. The van der Waals surface area contributed by atoms with Gasteiger partial charge in [0.2, 0.25) is 5.71 Å². The Morgan fingerprint density at radius 3 is 2.78 bits per heavy atom. The van der Waals surface area contributed by atoms with E-state index in [4.69, 9.17) is 4.42 Å². The minimum Gasteiger partial charge on any atom is -0.403 e. The third-order valence-corrected chi connectivity index (χ3v) is 5.32. The third kappa shape index (κ3) is 2.60. The zero-order valence-electron chi connectivity index (χ0n) is 13.0. The third-order valence-electron chi connectivity index (χ3n) is 5.32. The highest BCUT2D eigenvalue weighted by molar-refractivity contribution is 5.75. The number of aromatic nitrogens is 2. The van der Waals surface area contributed by atoms with Gasteiger partial charge in [0.1, 0.15) is 11.2 Å². The molecule has 122 valence electrons. The molecule has 1 unspecified atom stereocenters. The fraction of sp³-hybridized carbons (Fsp3) is 0.588. The van der Waals surface area contributed by atoms with Crippen molar-refractivity contribution in [3.05, 3.63) is 38.2 Å². The van der Waals surface area contributed by atoms with E-state index in [1.54, 1.807) is 0 Å². The molecule has 0 radical (unpaired) electrons. The van der Waals surface area contributed by atoms with Crippen molar-refractivity contribution >= 4 is 11.1 Å². The Morgan fingerprint density at radius 1 is 1.43 bits per heavy atom. The second kappa shape index (κ2) is 5.01. The van der Waals surface area contributed by atoms with Crippen LogP contribution in [0.2, 0.25) is 0 Å². The van der Waals surface area contributed by atoms with Gasteiger partial charge in [0.25, 0.3) is 5.56 Å². The van der Waals surface area contributed by atoms with E-state index in [2.05, 4.69) is 9.97 Å². The molecule has 0 bridgehead atoms. The predicted octanol–water partition coefficient (Wildman–Crippen LogP) is 3.03. The predicted molar refractivity (Wildman–Crippen MR) is 83.1 cm³/mol. The van der Waals surface area contributed by atoms with Crippen LogP contribution in [-0.4, -0.2) is 9.97 Å². The van der Waals surface area contributed by atoms with Crippen LogP contribution in [-0.2, 0) is 6.42 Å². The fourth-order valence-electron chi connectivity index (χ4n) is 3.65. The number of aromatic amines is 1. The molecule has 2 fully saturated rings. The standard InChI is InChI=1S/C17H19FN2O3/c1-9(18)14-19-15(22)13-10(8-12(21)23-16(13)20-14)4-5-17(6-7-17)11-2-3-11/h8-9,11H,2-7H2,1H3,(H,19,20,22). The summed E-state index contributed by atoms with van der Waals surface area (Å²) in [6.45, 7) is 1.28. The molecule has 6 heteroatoms. The molecule has 2 saturated carbocycles. The molecular formula is C17H19FN2O3. The van der Waals surface area contributed by atoms with Gasteiger partial charge in [-0.2, -0.15) is 4.98 Å². The quantitative estimate of drug-likeness (QED) is 0.919. The first-order valence-electron chi connectivity index (χ1n) is 8.19. The zero-order valence-corrected chi connectivity index (χ0v) is 13.0. The topological polar surface area (TPSA) is 76.0 Å². The molecule has 0 aromatic carbocycles. The Labute approximate surface area is 131 Å². The number of fused-ring (bicyclic) bond motifs is 1. The maximum Gasteiger partial charge on any atom is 0.337 e. The highest BCUT2D eigenvalue weighted by atomic mass is 19.1. The molecule has 2 aliphatic rings. The summed E-state index contributed by atoms with van der Waals surface area (Å²) >= 11 is 0. The van der Waals surface area contributed by atoms with Crippen molar-refractivity contribution < 1.29 is 8.81 Å². The minimum absolute atomic E-state index is 0.0629. The highest BCUT2D eigenvalue weighted by Gasteiger charge is 2.52. The molecule has 0 spiro atoms. The average Bonchev–Trinajstić information content (AvgIpc) is 3.35. The van der Waals surface area contributed by atoms with Gasteiger partial charge < -0.3 is 9.40 Å². The SMILES string of the molecule is CC(F)c1nc2oc(=O)cc(CCC3(C4CC4)CC3)c2c(=O)[nH]1. The number of nitrogens with one attached hydrogen (secondary N) is 1. The molecule has 0 amide bonds. The van der Waals surface area contributed by atoms with Crippen molar-refractivity contribution in [1.82, 2.24) is 9.97 Å². The van der Waals surface area contributed by atoms with Crippen LogP contribution >= 0.6 is 0 Å². The van der Waals surface area contributed by atoms with Gasteiger partial charge in [-0.05, 0) is 62.3 Å². The van der Waals surface area contributed by atoms with Gasteiger partial charge in [0.15, 0.2) is 6.17 Å². The van der Waals surface area contributed by atoms with Crippen molar-refractivity contribution in [3.63, 3.8) is 0 Å². The van der Waals surface area contributed by atoms with E-state index < -0.39 is 17.4 Å². The monoisotopic (exact) mass is 318 g/mol. The molecule has 4 rings (SSSR count). The number of hydrogen-bond donors (Lipinski definition) is 1. The molecular weight excluding hydrogens is 299 g/mol. The molecule has 2 aromatic rings. The summed E-state index contributed by atoms with van der Waals surface area (Å²) < 4.78 is 18.4. The number of rotatable bonds is 5. The lowest BCUT2D eigenvalue weighted by Crippen LogP contribution is -2.17. The van der Waals surface area contributed by atoms with Crippen LogP contribution in [0, 0.1) is 11.3 Å². The summed E-state index contributed by atoms with van der Waals surface area (Å²) in [6.07, 6.45) is 5.32. The summed E-state index contributed by atoms with van der Waals surface area (Å²) in [4.78, 5) is 30.5. The van der Waals surface area contributed by atoms with Crippen LogP contribution in [0.3, 0.4) is 0 Å². The van der Waals surface area contributed by atoms with Crippen molar-refractivity contribution in [1.29, 1.82) is 0 Å². The maximum atomic E-state index is 13.4. The highest BCUT2D eigenvalue weighted by Crippen LogP contribution is 2.63. The van der Waals surface area contributed by atoms with Gasteiger partial charge in [0.05, 0.1) is 0 Å². The van der Waals surface area contributed by atoms with Gasteiger partial charge in [-0.3, -0.25) is 4.79 Å². The minimum atomic E-state index is -1.43. The van der Waals surface area contributed by atoms with E-state index in [1.807, 2.05) is 0 Å². The number of aryl methyl sites for hydroxylation is 1. The van der Waals surface area contributed by atoms with E-state index in [-0.39, 0.29) is 16.9 Å². The van der Waals surface area contributed by atoms with Gasteiger partial charge in [-0.1, -0.05) is 0 Å². The van der Waals surface area contributed by atoms with Crippen LogP contribution in [0.15, 0.2) is 20.1 Å². The maximum absolute atomic E-state index is 13.4. The average molecular weight is 318 g/mol. The van der Waals surface area contributed by atoms with Gasteiger partial charge in [-0.15, -0.1) is 0 Å². The Balaban J connectivity index is 1.73. The molecule has 2 heterocycles. The van der Waals surface area contributed by atoms with Crippen molar-refractivity contribution in [2.75, 3.05) is 0 Å². The Hall–Kier alpha value is -1.98. The molecule has 1 N–H and O–H groups in total. The Morgan fingerprint density at radius 2 is 2.17 bits per heavy atom. The van der Waals surface area contributed by atoms with E-state index >= 15 is 0 Å². The largest absolute Gasteiger partial charge is 0.403 e.